The Morgan fingerprint density at radius 1 is 1.08 bits per heavy atom. The number of aryl methyl sites for hydroxylation is 1. The topological polar surface area (TPSA) is 41.8 Å². The quantitative estimate of drug-likeness (QED) is 0.749. The van der Waals surface area contributed by atoms with Gasteiger partial charge in [0.05, 0.1) is 18.8 Å². The van der Waals surface area contributed by atoms with Gasteiger partial charge in [0.15, 0.2) is 0 Å². The van der Waals surface area contributed by atoms with Crippen LogP contribution in [-0.2, 0) is 13.0 Å². The number of aromatic nitrogens is 1. The first-order valence-electron chi connectivity index (χ1n) is 9.04. The first-order valence-corrected chi connectivity index (χ1v) is 9.04. The van der Waals surface area contributed by atoms with Crippen molar-refractivity contribution >= 4 is 10.9 Å². The lowest BCUT2D eigenvalue weighted by molar-refractivity contribution is -0.704. The summed E-state index contributed by atoms with van der Waals surface area (Å²) in [6, 6.07) is 17.1. The lowest BCUT2D eigenvalue weighted by Crippen LogP contribution is -2.88. The Bertz CT molecular complexity index is 895. The molecule has 0 unspecified atom stereocenters. The van der Waals surface area contributed by atoms with Gasteiger partial charge in [-0.05, 0) is 41.7 Å². The highest BCUT2D eigenvalue weighted by molar-refractivity contribution is 5.87. The highest BCUT2D eigenvalue weighted by atomic mass is 16.3. The minimum atomic E-state index is -0.550. The molecule has 0 saturated carbocycles. The predicted octanol–water partition coefficient (Wildman–Crippen LogP) is 2.68. The fourth-order valence-electron chi connectivity index (χ4n) is 4.66. The molecular formula is C21H23N2O+. The van der Waals surface area contributed by atoms with Crippen LogP contribution in [0.2, 0.25) is 0 Å². The fraction of sp³-hybridized carbons (Fsp3) is 0.333. The van der Waals surface area contributed by atoms with Crippen molar-refractivity contribution in [2.45, 2.75) is 38.0 Å². The van der Waals surface area contributed by atoms with E-state index < -0.39 is 6.10 Å². The van der Waals surface area contributed by atoms with Gasteiger partial charge in [-0.2, -0.15) is 0 Å². The Kier molecular flexibility index (Phi) is 3.25. The van der Waals surface area contributed by atoms with Crippen LogP contribution in [0.3, 0.4) is 0 Å². The Balaban J connectivity index is 1.67. The van der Waals surface area contributed by atoms with Crippen molar-refractivity contribution in [3.8, 4) is 0 Å². The maximum atomic E-state index is 10.8. The van der Waals surface area contributed by atoms with Gasteiger partial charge in [-0.15, -0.1) is 0 Å². The van der Waals surface area contributed by atoms with Gasteiger partial charge in [-0.25, -0.2) is 0 Å². The zero-order chi connectivity index (χ0) is 16.1. The van der Waals surface area contributed by atoms with E-state index in [-0.39, 0.29) is 0 Å². The number of hydrogen-bond donors (Lipinski definition) is 2. The largest absolute Gasteiger partial charge is 0.384 e. The second kappa shape index (κ2) is 5.47. The molecule has 0 bridgehead atoms. The second-order valence-electron chi connectivity index (χ2n) is 7.13. The molecule has 3 aromatic rings. The molecule has 0 fully saturated rings. The van der Waals surface area contributed by atoms with Gasteiger partial charge >= 0.3 is 0 Å². The zero-order valence-electron chi connectivity index (χ0n) is 13.8. The smallest absolute Gasteiger partial charge is 0.127 e. The third-order valence-corrected chi connectivity index (χ3v) is 5.76. The molecule has 3 N–H and O–H groups in total. The van der Waals surface area contributed by atoms with E-state index >= 15 is 0 Å². The van der Waals surface area contributed by atoms with Gasteiger partial charge < -0.3 is 15.0 Å². The van der Waals surface area contributed by atoms with Crippen LogP contribution in [0.1, 0.15) is 47.4 Å². The number of quaternary nitrogens is 1. The van der Waals surface area contributed by atoms with Crippen LogP contribution < -0.4 is 5.32 Å². The molecule has 3 heteroatoms. The van der Waals surface area contributed by atoms with E-state index in [2.05, 4.69) is 28.1 Å². The van der Waals surface area contributed by atoms with E-state index in [1.807, 2.05) is 30.3 Å². The molecule has 2 atom stereocenters. The predicted molar refractivity (Wildman–Crippen MR) is 94.9 cm³/mol. The van der Waals surface area contributed by atoms with Crippen LogP contribution in [-0.4, -0.2) is 16.2 Å². The summed E-state index contributed by atoms with van der Waals surface area (Å²) in [5, 5.41) is 14.6. The maximum absolute atomic E-state index is 10.8. The van der Waals surface area contributed by atoms with Gasteiger partial charge in [-0.1, -0.05) is 36.4 Å². The number of rotatable bonds is 2. The van der Waals surface area contributed by atoms with Gasteiger partial charge in [0.1, 0.15) is 12.1 Å². The summed E-state index contributed by atoms with van der Waals surface area (Å²) in [6.45, 7) is 2.28. The van der Waals surface area contributed by atoms with Crippen LogP contribution in [0.25, 0.3) is 10.9 Å². The van der Waals surface area contributed by atoms with E-state index in [4.69, 9.17) is 0 Å². The van der Waals surface area contributed by atoms with Crippen molar-refractivity contribution in [3.63, 3.8) is 0 Å². The summed E-state index contributed by atoms with van der Waals surface area (Å²) >= 11 is 0. The molecule has 5 rings (SSSR count). The van der Waals surface area contributed by atoms with Crippen LogP contribution in [0.4, 0.5) is 0 Å². The molecule has 0 radical (unpaired) electrons. The Hall–Kier alpha value is -2.10. The highest BCUT2D eigenvalue weighted by Crippen LogP contribution is 2.38. The molecule has 2 heterocycles. The number of benzene rings is 2. The fourth-order valence-corrected chi connectivity index (χ4v) is 4.66. The maximum Gasteiger partial charge on any atom is 0.127 e. The molecule has 24 heavy (non-hydrogen) atoms. The number of nitrogens with two attached hydrogens (primary N) is 1. The summed E-state index contributed by atoms with van der Waals surface area (Å²) < 4.78 is 2.53. The van der Waals surface area contributed by atoms with Crippen molar-refractivity contribution in [3.05, 3.63) is 70.9 Å². The molecule has 2 aliphatic rings. The summed E-state index contributed by atoms with van der Waals surface area (Å²) in [7, 11) is 0. The molecule has 0 saturated heterocycles. The number of aliphatic hydroxyl groups excluding tert-OH is 1. The van der Waals surface area contributed by atoms with Gasteiger partial charge in [0.25, 0.3) is 0 Å². The molecule has 3 nitrogen and oxygen atoms in total. The number of hydrogen-bond acceptors (Lipinski definition) is 1. The molecule has 2 aromatic carbocycles. The number of nitrogens with zero attached hydrogens (tertiary/aromatic N) is 1. The van der Waals surface area contributed by atoms with Crippen LogP contribution >= 0.6 is 0 Å². The third-order valence-electron chi connectivity index (χ3n) is 5.76. The Morgan fingerprint density at radius 3 is 2.83 bits per heavy atom. The zero-order valence-corrected chi connectivity index (χ0v) is 13.8. The Labute approximate surface area is 141 Å². The molecule has 0 amide bonds. The van der Waals surface area contributed by atoms with E-state index in [1.165, 1.54) is 42.3 Å². The van der Waals surface area contributed by atoms with Crippen LogP contribution in [0.15, 0.2) is 48.5 Å². The standard InChI is InChI=1S/C21H22N2O/c24-21(14-5-2-1-3-6-14)15-9-10-19-17(13-15)16-7-4-8-18-20(16)23(19)12-11-22-18/h1-3,5-6,9-10,13,18,21-22,24H,4,7-8,11-12H2/p+1/t18-,21+/m1/s1. The molecule has 1 aromatic heterocycles. The molecule has 0 spiro atoms. The second-order valence-corrected chi connectivity index (χ2v) is 7.13. The summed E-state index contributed by atoms with van der Waals surface area (Å²) in [6.07, 6.45) is 3.20. The lowest BCUT2D eigenvalue weighted by Gasteiger charge is -2.27. The summed E-state index contributed by atoms with van der Waals surface area (Å²) in [5.74, 6) is 0. The van der Waals surface area contributed by atoms with E-state index in [0.29, 0.717) is 6.04 Å². The summed E-state index contributed by atoms with van der Waals surface area (Å²) in [4.78, 5) is 0. The minimum Gasteiger partial charge on any atom is -0.384 e. The van der Waals surface area contributed by atoms with E-state index in [1.54, 1.807) is 5.69 Å². The van der Waals surface area contributed by atoms with Crippen molar-refractivity contribution in [2.24, 2.45) is 0 Å². The number of aliphatic hydroxyl groups is 1. The van der Waals surface area contributed by atoms with Crippen LogP contribution in [0, 0.1) is 0 Å². The van der Waals surface area contributed by atoms with E-state index in [0.717, 1.165) is 17.7 Å². The van der Waals surface area contributed by atoms with Crippen LogP contribution in [0.5, 0.6) is 0 Å². The first kappa shape index (κ1) is 14.3. The highest BCUT2D eigenvalue weighted by Gasteiger charge is 2.32. The van der Waals surface area contributed by atoms with Gasteiger partial charge in [0.2, 0.25) is 0 Å². The molecule has 122 valence electrons. The van der Waals surface area contributed by atoms with Crippen molar-refractivity contribution in [1.29, 1.82) is 0 Å². The summed E-state index contributed by atoms with van der Waals surface area (Å²) in [5.41, 5.74) is 6.39. The van der Waals surface area contributed by atoms with Crippen molar-refractivity contribution in [1.82, 2.24) is 4.57 Å². The SMILES string of the molecule is O[C@@H](c1ccccc1)c1ccc2c(c1)c1c3n2CC[NH2+][C@@H]3CCC1. The van der Waals surface area contributed by atoms with Gasteiger partial charge in [0, 0.05) is 17.3 Å². The van der Waals surface area contributed by atoms with E-state index in [9.17, 15) is 5.11 Å². The third kappa shape index (κ3) is 2.05. The number of fused-ring (bicyclic) bond motifs is 3. The average Bonchev–Trinajstić information content (AvgIpc) is 2.98. The average molecular weight is 319 g/mol. The molecule has 1 aliphatic carbocycles. The Morgan fingerprint density at radius 2 is 1.96 bits per heavy atom. The van der Waals surface area contributed by atoms with Gasteiger partial charge in [-0.3, -0.25) is 0 Å². The van der Waals surface area contributed by atoms with Crippen molar-refractivity contribution < 1.29 is 10.4 Å². The lowest BCUT2D eigenvalue weighted by atomic mass is 9.90. The van der Waals surface area contributed by atoms with Crippen molar-refractivity contribution in [2.75, 3.05) is 6.54 Å². The minimum absolute atomic E-state index is 0.550. The first-order chi connectivity index (χ1) is 11.8. The molecule has 1 aliphatic heterocycles. The monoisotopic (exact) mass is 319 g/mol. The molecular weight excluding hydrogens is 296 g/mol. The normalized spacial score (nSPS) is 20.8.